The maximum Gasteiger partial charge on any atom is 0.255 e. The fraction of sp³-hybridized carbons (Fsp3) is 0.537. The first-order chi connectivity index (χ1) is 27.8. The highest BCUT2D eigenvalue weighted by atomic mass is 32.1. The van der Waals surface area contributed by atoms with Crippen molar-refractivity contribution in [3.8, 4) is 0 Å². The van der Waals surface area contributed by atoms with E-state index in [1.165, 1.54) is 22.7 Å². The van der Waals surface area contributed by atoms with Crippen molar-refractivity contribution in [3.05, 3.63) is 64.8 Å². The van der Waals surface area contributed by atoms with Gasteiger partial charge in [0.05, 0.1) is 18.6 Å². The minimum absolute atomic E-state index is 0.165. The SMILES string of the molecule is O=C1CCC(N2Cc3c(NC(=O)CCNCCOCCN4CCC(NC(=O)C5(Cc6cccc(Nc7nccs7)n6)CCCCC5)CC4)cccc3C2=O)C(=O)N1. The number of carbonyl (C=O) groups is 5. The standard InChI is InChI=1S/C41H53N9O6S/c51-35-11-10-33(37(53)48-35)50-27-31-30(38(50)54)7-5-8-32(31)46-36(52)12-17-42-18-23-56-24-22-49-20-13-28(14-21-49)45-39(55)41(15-2-1-3-16-41)26-29-6-4-9-34(44-29)47-40-43-19-25-57-40/h4-9,19,25,28,33,42H,1-3,10-18,20-24,26-27H2,(H,45,55)(H,46,52)(H,43,44,47)(H,48,51,53). The van der Waals surface area contributed by atoms with Crippen molar-refractivity contribution in [1.82, 2.24) is 35.7 Å². The number of ether oxygens (including phenoxy) is 1. The Morgan fingerprint density at radius 1 is 0.982 bits per heavy atom. The molecule has 3 aromatic rings. The summed E-state index contributed by atoms with van der Waals surface area (Å²) in [5, 5.41) is 17.9. The lowest BCUT2D eigenvalue weighted by Gasteiger charge is -2.39. The fourth-order valence-electron chi connectivity index (χ4n) is 8.42. The summed E-state index contributed by atoms with van der Waals surface area (Å²) < 4.78 is 5.88. The van der Waals surface area contributed by atoms with Crippen LogP contribution < -0.4 is 26.6 Å². The molecule has 57 heavy (non-hydrogen) atoms. The number of fused-ring (bicyclic) bond motifs is 1. The van der Waals surface area contributed by atoms with E-state index in [2.05, 4.69) is 36.5 Å². The molecule has 7 rings (SSSR count). The molecule has 15 nitrogen and oxygen atoms in total. The molecule has 5 amide bonds. The van der Waals surface area contributed by atoms with Crippen LogP contribution in [0.25, 0.3) is 0 Å². The molecule has 1 aliphatic carbocycles. The summed E-state index contributed by atoms with van der Waals surface area (Å²) in [4.78, 5) is 76.7. The summed E-state index contributed by atoms with van der Waals surface area (Å²) >= 11 is 1.53. The second kappa shape index (κ2) is 19.1. The van der Waals surface area contributed by atoms with Crippen molar-refractivity contribution >= 4 is 57.5 Å². The average Bonchev–Trinajstić information content (AvgIpc) is 3.85. The van der Waals surface area contributed by atoms with Crippen molar-refractivity contribution in [2.45, 2.75) is 89.3 Å². The van der Waals surface area contributed by atoms with Gasteiger partial charge < -0.3 is 35.8 Å². The minimum Gasteiger partial charge on any atom is -0.379 e. The van der Waals surface area contributed by atoms with E-state index in [1.807, 2.05) is 23.6 Å². The summed E-state index contributed by atoms with van der Waals surface area (Å²) in [6.07, 6.45) is 10.00. The zero-order valence-corrected chi connectivity index (χ0v) is 33.2. The molecule has 16 heteroatoms. The van der Waals surface area contributed by atoms with E-state index in [0.29, 0.717) is 49.5 Å². The Kier molecular flexibility index (Phi) is 13.6. The molecule has 0 radical (unpaired) electrons. The smallest absolute Gasteiger partial charge is 0.255 e. The molecule has 2 aromatic heterocycles. The number of hydrogen-bond acceptors (Lipinski definition) is 12. The van der Waals surface area contributed by atoms with Crippen LogP contribution in [0.15, 0.2) is 48.0 Å². The summed E-state index contributed by atoms with van der Waals surface area (Å²) in [6.45, 7) is 5.07. The van der Waals surface area contributed by atoms with Gasteiger partial charge in [0.25, 0.3) is 5.91 Å². The number of thiazole rings is 1. The third-order valence-electron chi connectivity index (χ3n) is 11.6. The van der Waals surface area contributed by atoms with E-state index in [-0.39, 0.29) is 55.5 Å². The largest absolute Gasteiger partial charge is 0.379 e. The van der Waals surface area contributed by atoms with E-state index < -0.39 is 17.4 Å². The minimum atomic E-state index is -0.708. The van der Waals surface area contributed by atoms with Gasteiger partial charge in [0, 0.05) is 98.7 Å². The first-order valence-electron chi connectivity index (χ1n) is 20.3. The Morgan fingerprint density at radius 2 is 1.81 bits per heavy atom. The Balaban J connectivity index is 0.762. The number of nitrogens with one attached hydrogen (secondary N) is 5. The molecule has 0 bridgehead atoms. The highest BCUT2D eigenvalue weighted by Crippen LogP contribution is 2.40. The van der Waals surface area contributed by atoms with Gasteiger partial charge in [0.2, 0.25) is 23.6 Å². The van der Waals surface area contributed by atoms with Gasteiger partial charge in [0.1, 0.15) is 11.9 Å². The molecule has 304 valence electrons. The number of anilines is 3. The molecule has 1 saturated carbocycles. The lowest BCUT2D eigenvalue weighted by atomic mass is 9.70. The molecule has 1 unspecified atom stereocenters. The number of amides is 5. The molecular weight excluding hydrogens is 747 g/mol. The van der Waals surface area contributed by atoms with Crippen molar-refractivity contribution in [3.63, 3.8) is 0 Å². The van der Waals surface area contributed by atoms with Gasteiger partial charge in [0.15, 0.2) is 5.13 Å². The molecule has 1 aromatic carbocycles. The number of nitrogens with zero attached hydrogens (tertiary/aromatic N) is 4. The van der Waals surface area contributed by atoms with Crippen LogP contribution in [0.2, 0.25) is 0 Å². The zero-order valence-electron chi connectivity index (χ0n) is 32.4. The second-order valence-corrected chi connectivity index (χ2v) is 16.4. The molecule has 1 atom stereocenters. The Bertz CT molecular complexity index is 1890. The van der Waals surface area contributed by atoms with Gasteiger partial charge in [-0.3, -0.25) is 29.3 Å². The molecule has 5 N–H and O–H groups in total. The Morgan fingerprint density at radius 3 is 2.60 bits per heavy atom. The van der Waals surface area contributed by atoms with Crippen LogP contribution in [0.5, 0.6) is 0 Å². The summed E-state index contributed by atoms with van der Waals surface area (Å²) in [5.74, 6) is -0.331. The molecule has 3 aliphatic heterocycles. The van der Waals surface area contributed by atoms with Gasteiger partial charge in [-0.2, -0.15) is 0 Å². The highest BCUT2D eigenvalue weighted by Gasteiger charge is 2.42. The number of piperidine rings is 2. The molecule has 0 spiro atoms. The van der Waals surface area contributed by atoms with Crippen LogP contribution in [-0.2, 0) is 36.9 Å². The number of imide groups is 1. The summed E-state index contributed by atoms with van der Waals surface area (Å²) in [6, 6.07) is 10.6. The van der Waals surface area contributed by atoms with Crippen LogP contribution >= 0.6 is 11.3 Å². The van der Waals surface area contributed by atoms with E-state index in [0.717, 1.165) is 74.8 Å². The third kappa shape index (κ3) is 10.4. The van der Waals surface area contributed by atoms with Crippen LogP contribution in [0.1, 0.15) is 85.8 Å². The molecule has 4 aliphatic rings. The topological polar surface area (TPSA) is 187 Å². The van der Waals surface area contributed by atoms with Crippen molar-refractivity contribution in [2.24, 2.45) is 5.41 Å². The predicted octanol–water partition coefficient (Wildman–Crippen LogP) is 3.75. The number of hydrogen-bond donors (Lipinski definition) is 5. The van der Waals surface area contributed by atoms with Gasteiger partial charge >= 0.3 is 0 Å². The van der Waals surface area contributed by atoms with Crippen LogP contribution in [0, 0.1) is 5.41 Å². The quantitative estimate of drug-likeness (QED) is 0.0990. The lowest BCUT2D eigenvalue weighted by Crippen LogP contribution is -2.52. The number of pyridine rings is 1. The van der Waals surface area contributed by atoms with Crippen molar-refractivity contribution in [1.29, 1.82) is 0 Å². The zero-order chi connectivity index (χ0) is 39.6. The number of carbonyl (C=O) groups excluding carboxylic acids is 5. The maximum atomic E-state index is 13.9. The first kappa shape index (κ1) is 40.4. The predicted molar refractivity (Wildman–Crippen MR) is 216 cm³/mol. The third-order valence-corrected chi connectivity index (χ3v) is 12.3. The van der Waals surface area contributed by atoms with Gasteiger partial charge in [-0.05, 0) is 56.4 Å². The molecule has 2 saturated heterocycles. The van der Waals surface area contributed by atoms with E-state index >= 15 is 0 Å². The Hall–Kier alpha value is -4.77. The number of rotatable bonds is 17. The monoisotopic (exact) mass is 799 g/mol. The number of benzene rings is 1. The summed E-state index contributed by atoms with van der Waals surface area (Å²) in [7, 11) is 0. The normalized spacial score (nSPS) is 19.9. The van der Waals surface area contributed by atoms with E-state index in [1.54, 1.807) is 24.4 Å². The van der Waals surface area contributed by atoms with E-state index in [9.17, 15) is 24.0 Å². The van der Waals surface area contributed by atoms with Gasteiger partial charge in [-0.15, -0.1) is 11.3 Å². The van der Waals surface area contributed by atoms with Crippen LogP contribution in [-0.4, -0.2) is 107 Å². The second-order valence-electron chi connectivity index (χ2n) is 15.5. The number of likely N-dealkylation sites (tertiary alicyclic amines) is 1. The van der Waals surface area contributed by atoms with Gasteiger partial charge in [-0.25, -0.2) is 9.97 Å². The molecule has 5 heterocycles. The molecular formula is C41H53N9O6S. The first-order valence-corrected chi connectivity index (χ1v) is 21.1. The Labute approximate surface area is 337 Å². The van der Waals surface area contributed by atoms with Crippen LogP contribution in [0.3, 0.4) is 0 Å². The van der Waals surface area contributed by atoms with E-state index in [4.69, 9.17) is 9.72 Å². The molecule has 3 fully saturated rings. The van der Waals surface area contributed by atoms with Crippen molar-refractivity contribution < 1.29 is 28.7 Å². The van der Waals surface area contributed by atoms with Crippen LogP contribution in [0.4, 0.5) is 16.6 Å². The number of aromatic nitrogens is 2. The lowest BCUT2D eigenvalue weighted by molar-refractivity contribution is -0.137. The average molecular weight is 800 g/mol. The summed E-state index contributed by atoms with van der Waals surface area (Å²) in [5.41, 5.74) is 2.19. The maximum absolute atomic E-state index is 13.9. The van der Waals surface area contributed by atoms with Gasteiger partial charge in [-0.1, -0.05) is 31.4 Å². The van der Waals surface area contributed by atoms with Crippen molar-refractivity contribution in [2.75, 3.05) is 56.6 Å². The fourth-order valence-corrected chi connectivity index (χ4v) is 8.96. The highest BCUT2D eigenvalue weighted by molar-refractivity contribution is 7.13.